The van der Waals surface area contributed by atoms with E-state index in [9.17, 15) is 4.79 Å². The summed E-state index contributed by atoms with van der Waals surface area (Å²) in [6.45, 7) is 6.98. The summed E-state index contributed by atoms with van der Waals surface area (Å²) in [7, 11) is 0. The normalized spacial score (nSPS) is 18.6. The summed E-state index contributed by atoms with van der Waals surface area (Å²) >= 11 is 7.82. The number of carbonyl (C=O) groups excluding carboxylic acids is 1. The fourth-order valence-corrected chi connectivity index (χ4v) is 5.65. The molecule has 0 bridgehead atoms. The Morgan fingerprint density at radius 2 is 2.00 bits per heavy atom. The van der Waals surface area contributed by atoms with E-state index in [2.05, 4.69) is 4.90 Å². The van der Waals surface area contributed by atoms with Crippen LogP contribution < -0.4 is 4.90 Å². The Bertz CT molecular complexity index is 833. The number of aryl methyl sites for hydroxylation is 1. The quantitative estimate of drug-likeness (QED) is 0.638. The zero-order chi connectivity index (χ0) is 19.5. The Hall–Kier alpha value is -0.920. The van der Waals surface area contributed by atoms with Gasteiger partial charge >= 0.3 is 0 Å². The molecular formula is C21H29Cl2N3O2S. The van der Waals surface area contributed by atoms with Crippen LogP contribution in [0.3, 0.4) is 0 Å². The highest BCUT2D eigenvalue weighted by Crippen LogP contribution is 2.35. The Labute approximate surface area is 187 Å². The molecule has 0 atom stereocenters. The van der Waals surface area contributed by atoms with Crippen LogP contribution in [0.5, 0.6) is 0 Å². The number of anilines is 1. The molecule has 1 aromatic carbocycles. The van der Waals surface area contributed by atoms with Crippen molar-refractivity contribution in [2.24, 2.45) is 5.92 Å². The number of fused-ring (bicyclic) bond motifs is 1. The van der Waals surface area contributed by atoms with Gasteiger partial charge in [-0.1, -0.05) is 42.2 Å². The molecule has 8 heteroatoms. The number of ether oxygens (including phenoxy) is 1. The second-order valence-electron chi connectivity index (χ2n) is 7.84. The first-order valence-electron chi connectivity index (χ1n) is 10.3. The second-order valence-corrected chi connectivity index (χ2v) is 9.29. The minimum Gasteiger partial charge on any atom is -0.379 e. The average Bonchev–Trinajstić information content (AvgIpc) is 3.13. The van der Waals surface area contributed by atoms with E-state index in [-0.39, 0.29) is 24.2 Å². The van der Waals surface area contributed by atoms with Crippen molar-refractivity contribution in [3.8, 4) is 0 Å². The minimum atomic E-state index is 0. The molecule has 4 rings (SSSR count). The highest BCUT2D eigenvalue weighted by molar-refractivity contribution is 7.22. The summed E-state index contributed by atoms with van der Waals surface area (Å²) in [5.41, 5.74) is 2.01. The van der Waals surface area contributed by atoms with Gasteiger partial charge in [0.05, 0.1) is 23.4 Å². The van der Waals surface area contributed by atoms with Crippen molar-refractivity contribution < 1.29 is 9.53 Å². The standard InChI is InChI=1S/C21H28ClN3O2S.ClH/c1-15-13-17(22)14-18-19(15)23-21(28-18)25(8-7-24-9-11-27-12-10-24)20(26)16-5-3-2-4-6-16;/h13-14,16H,2-12H2,1H3;1H. The van der Waals surface area contributed by atoms with Crippen LogP contribution >= 0.6 is 35.3 Å². The molecule has 1 aromatic heterocycles. The van der Waals surface area contributed by atoms with Crippen LogP contribution in [0.2, 0.25) is 5.02 Å². The Kier molecular flexibility index (Phi) is 8.16. The lowest BCUT2D eigenvalue weighted by molar-refractivity contribution is -0.123. The summed E-state index contributed by atoms with van der Waals surface area (Å²) in [4.78, 5) is 22.6. The maximum atomic E-state index is 13.4. The highest BCUT2D eigenvalue weighted by atomic mass is 35.5. The predicted molar refractivity (Wildman–Crippen MR) is 123 cm³/mol. The molecule has 0 N–H and O–H groups in total. The predicted octanol–water partition coefficient (Wildman–Crippen LogP) is 4.93. The van der Waals surface area contributed by atoms with E-state index >= 15 is 0 Å². The Morgan fingerprint density at radius 1 is 1.28 bits per heavy atom. The van der Waals surface area contributed by atoms with Crippen molar-refractivity contribution in [1.82, 2.24) is 9.88 Å². The smallest absolute Gasteiger partial charge is 0.231 e. The lowest BCUT2D eigenvalue weighted by atomic mass is 9.88. The van der Waals surface area contributed by atoms with Crippen molar-refractivity contribution in [3.63, 3.8) is 0 Å². The molecule has 2 aliphatic rings. The lowest BCUT2D eigenvalue weighted by Crippen LogP contribution is -2.45. The van der Waals surface area contributed by atoms with Crippen LogP contribution in [-0.4, -0.2) is 55.2 Å². The second kappa shape index (κ2) is 10.4. The topological polar surface area (TPSA) is 45.7 Å². The van der Waals surface area contributed by atoms with Crippen molar-refractivity contribution in [3.05, 3.63) is 22.7 Å². The van der Waals surface area contributed by atoms with E-state index in [1.807, 2.05) is 24.0 Å². The number of aromatic nitrogens is 1. The molecule has 2 aromatic rings. The van der Waals surface area contributed by atoms with Crippen molar-refractivity contribution in [2.45, 2.75) is 39.0 Å². The third-order valence-electron chi connectivity index (χ3n) is 5.83. The van der Waals surface area contributed by atoms with E-state index in [0.29, 0.717) is 6.54 Å². The fraction of sp³-hybridized carbons (Fsp3) is 0.619. The minimum absolute atomic E-state index is 0. The molecule has 1 saturated heterocycles. The van der Waals surface area contributed by atoms with Gasteiger partial charge in [0.2, 0.25) is 5.91 Å². The number of amides is 1. The van der Waals surface area contributed by atoms with E-state index in [1.54, 1.807) is 11.3 Å². The van der Waals surface area contributed by atoms with Gasteiger partial charge in [0.25, 0.3) is 0 Å². The number of benzene rings is 1. The fourth-order valence-electron chi connectivity index (χ4n) is 4.19. The molecule has 0 unspecified atom stereocenters. The maximum absolute atomic E-state index is 13.4. The number of nitrogens with zero attached hydrogens (tertiary/aromatic N) is 3. The maximum Gasteiger partial charge on any atom is 0.231 e. The number of carbonyl (C=O) groups is 1. The third-order valence-corrected chi connectivity index (χ3v) is 7.08. The van der Waals surface area contributed by atoms with Gasteiger partial charge in [-0.05, 0) is 37.5 Å². The molecule has 1 amide bonds. The van der Waals surface area contributed by atoms with Crippen LogP contribution in [0.25, 0.3) is 10.2 Å². The zero-order valence-electron chi connectivity index (χ0n) is 16.9. The first-order valence-corrected chi connectivity index (χ1v) is 11.5. The lowest BCUT2D eigenvalue weighted by Gasteiger charge is -2.31. The molecule has 2 fully saturated rings. The molecule has 1 aliphatic heterocycles. The summed E-state index contributed by atoms with van der Waals surface area (Å²) in [5.74, 6) is 0.380. The molecule has 2 heterocycles. The summed E-state index contributed by atoms with van der Waals surface area (Å²) in [6.07, 6.45) is 5.56. The zero-order valence-corrected chi connectivity index (χ0v) is 19.3. The van der Waals surface area contributed by atoms with Gasteiger partial charge in [-0.2, -0.15) is 0 Å². The van der Waals surface area contributed by atoms with Gasteiger partial charge in [-0.25, -0.2) is 4.98 Å². The number of hydrogen-bond donors (Lipinski definition) is 0. The Balaban J connectivity index is 0.00000240. The number of halogens is 2. The van der Waals surface area contributed by atoms with E-state index in [4.69, 9.17) is 21.3 Å². The first kappa shape index (κ1) is 22.8. The van der Waals surface area contributed by atoms with Crippen LogP contribution in [0.4, 0.5) is 5.13 Å². The largest absolute Gasteiger partial charge is 0.379 e. The molecule has 160 valence electrons. The molecule has 5 nitrogen and oxygen atoms in total. The van der Waals surface area contributed by atoms with Crippen molar-refractivity contribution >= 4 is 56.6 Å². The van der Waals surface area contributed by atoms with Gasteiger partial charge in [0.15, 0.2) is 5.13 Å². The number of thiazole rings is 1. The van der Waals surface area contributed by atoms with Crippen molar-refractivity contribution in [2.75, 3.05) is 44.3 Å². The van der Waals surface area contributed by atoms with Gasteiger partial charge in [0.1, 0.15) is 0 Å². The molecule has 1 saturated carbocycles. The van der Waals surface area contributed by atoms with Crippen LogP contribution in [0.15, 0.2) is 12.1 Å². The first-order chi connectivity index (χ1) is 13.6. The number of morpholine rings is 1. The molecule has 0 spiro atoms. The van der Waals surface area contributed by atoms with E-state index < -0.39 is 0 Å². The van der Waals surface area contributed by atoms with E-state index in [1.165, 1.54) is 6.42 Å². The molecule has 0 radical (unpaired) electrons. The molecule has 29 heavy (non-hydrogen) atoms. The summed E-state index contributed by atoms with van der Waals surface area (Å²) in [6, 6.07) is 3.89. The highest BCUT2D eigenvalue weighted by Gasteiger charge is 2.29. The van der Waals surface area contributed by atoms with E-state index in [0.717, 1.165) is 84.5 Å². The summed E-state index contributed by atoms with van der Waals surface area (Å²) < 4.78 is 6.50. The number of rotatable bonds is 5. The molecule has 1 aliphatic carbocycles. The van der Waals surface area contributed by atoms with Crippen LogP contribution in [-0.2, 0) is 9.53 Å². The molecular weight excluding hydrogens is 429 g/mol. The third kappa shape index (κ3) is 5.42. The average molecular weight is 458 g/mol. The van der Waals surface area contributed by atoms with Gasteiger partial charge in [-0.15, -0.1) is 12.4 Å². The van der Waals surface area contributed by atoms with Gasteiger partial charge in [0, 0.05) is 37.1 Å². The van der Waals surface area contributed by atoms with Gasteiger partial charge < -0.3 is 4.74 Å². The SMILES string of the molecule is Cc1cc(Cl)cc2sc(N(CCN3CCOCC3)C(=O)C3CCCCC3)nc12.Cl. The van der Waals surface area contributed by atoms with Crippen LogP contribution in [0, 0.1) is 12.8 Å². The number of hydrogen-bond acceptors (Lipinski definition) is 5. The van der Waals surface area contributed by atoms with Gasteiger partial charge in [-0.3, -0.25) is 14.6 Å². The van der Waals surface area contributed by atoms with Crippen LogP contribution in [0.1, 0.15) is 37.7 Å². The van der Waals surface area contributed by atoms with Crippen molar-refractivity contribution in [1.29, 1.82) is 0 Å². The summed E-state index contributed by atoms with van der Waals surface area (Å²) in [5, 5.41) is 1.53. The monoisotopic (exact) mass is 457 g/mol. The Morgan fingerprint density at radius 3 is 2.72 bits per heavy atom.